The SMILES string of the molecule is CC(n1ncc2c(N3CCOC[C@H]3C)nc(-c3ccnc4[nH]ccc34)nc21)C(F)(F)F. The zero-order valence-corrected chi connectivity index (χ0v) is 16.9. The molecule has 0 amide bonds. The molecule has 5 rings (SSSR count). The summed E-state index contributed by atoms with van der Waals surface area (Å²) in [5, 5.41) is 5.32. The monoisotopic (exact) mass is 431 g/mol. The zero-order chi connectivity index (χ0) is 21.8. The number of anilines is 1. The van der Waals surface area contributed by atoms with Crippen LogP contribution in [0.15, 0.2) is 30.7 Å². The molecule has 11 heteroatoms. The molecule has 2 atom stereocenters. The first-order chi connectivity index (χ1) is 14.8. The smallest absolute Gasteiger partial charge is 0.377 e. The van der Waals surface area contributed by atoms with E-state index in [-0.39, 0.29) is 11.7 Å². The van der Waals surface area contributed by atoms with Crippen molar-refractivity contribution in [3.63, 3.8) is 0 Å². The molecule has 162 valence electrons. The molecule has 0 radical (unpaired) electrons. The number of hydrogen-bond donors (Lipinski definition) is 1. The summed E-state index contributed by atoms with van der Waals surface area (Å²) in [5.74, 6) is 0.876. The number of H-pyrrole nitrogens is 1. The van der Waals surface area contributed by atoms with Crippen LogP contribution in [0.2, 0.25) is 0 Å². The van der Waals surface area contributed by atoms with Crippen molar-refractivity contribution in [3.8, 4) is 11.4 Å². The summed E-state index contributed by atoms with van der Waals surface area (Å²) in [6, 6.07) is 1.79. The third-order valence-electron chi connectivity index (χ3n) is 5.61. The van der Waals surface area contributed by atoms with Crippen molar-refractivity contribution >= 4 is 27.9 Å². The molecule has 1 unspecified atom stereocenters. The van der Waals surface area contributed by atoms with Crippen molar-refractivity contribution in [1.29, 1.82) is 0 Å². The number of ether oxygens (including phenoxy) is 1. The number of alkyl halides is 3. The standard InChI is InChI=1S/C20H20F3N7O/c1-11-10-31-8-7-29(11)18-15-9-26-30(12(2)20(21,22)23)19(15)28-17(27-18)14-4-6-25-16-13(14)3-5-24-16/h3-6,9,11-12H,7-8,10H2,1-2H3,(H,24,25)/t11-,12?/m1/s1. The second kappa shape index (κ2) is 7.19. The van der Waals surface area contributed by atoms with Crippen LogP contribution in [0.4, 0.5) is 19.0 Å². The summed E-state index contributed by atoms with van der Waals surface area (Å²) in [7, 11) is 0. The minimum Gasteiger partial charge on any atom is -0.377 e. The third kappa shape index (κ3) is 3.29. The van der Waals surface area contributed by atoms with Crippen LogP contribution < -0.4 is 4.90 Å². The molecule has 4 aromatic rings. The van der Waals surface area contributed by atoms with E-state index in [1.165, 1.54) is 6.20 Å². The highest BCUT2D eigenvalue weighted by atomic mass is 19.4. The van der Waals surface area contributed by atoms with Crippen LogP contribution in [-0.2, 0) is 4.74 Å². The predicted molar refractivity (Wildman–Crippen MR) is 109 cm³/mol. The maximum atomic E-state index is 13.5. The summed E-state index contributed by atoms with van der Waals surface area (Å²) in [4.78, 5) is 18.7. The quantitative estimate of drug-likeness (QED) is 0.532. The average Bonchev–Trinajstić information content (AvgIpc) is 3.39. The Morgan fingerprint density at radius 1 is 1.23 bits per heavy atom. The van der Waals surface area contributed by atoms with Crippen LogP contribution >= 0.6 is 0 Å². The van der Waals surface area contributed by atoms with Gasteiger partial charge < -0.3 is 14.6 Å². The van der Waals surface area contributed by atoms with Crippen LogP contribution in [0.5, 0.6) is 0 Å². The lowest BCUT2D eigenvalue weighted by atomic mass is 10.1. The topological polar surface area (TPSA) is 84.8 Å². The maximum Gasteiger partial charge on any atom is 0.410 e. The van der Waals surface area contributed by atoms with Gasteiger partial charge in [-0.05, 0) is 26.0 Å². The number of morpholine rings is 1. The summed E-state index contributed by atoms with van der Waals surface area (Å²) >= 11 is 0. The molecule has 31 heavy (non-hydrogen) atoms. The number of fused-ring (bicyclic) bond motifs is 2. The number of pyridine rings is 1. The Bertz CT molecular complexity index is 1250. The Labute approximate surface area is 175 Å². The van der Waals surface area contributed by atoms with Crippen molar-refractivity contribution in [2.75, 3.05) is 24.7 Å². The molecule has 5 heterocycles. The number of nitrogens with one attached hydrogen (secondary N) is 1. The van der Waals surface area contributed by atoms with Gasteiger partial charge in [0.05, 0.1) is 30.8 Å². The molecule has 4 aromatic heterocycles. The number of hydrogen-bond acceptors (Lipinski definition) is 6. The van der Waals surface area contributed by atoms with Crippen LogP contribution in [0.3, 0.4) is 0 Å². The van der Waals surface area contributed by atoms with Gasteiger partial charge in [-0.2, -0.15) is 18.3 Å². The van der Waals surface area contributed by atoms with Gasteiger partial charge in [0, 0.05) is 29.9 Å². The largest absolute Gasteiger partial charge is 0.410 e. The normalized spacial score (nSPS) is 18.7. The van der Waals surface area contributed by atoms with Gasteiger partial charge in [0.1, 0.15) is 17.5 Å². The van der Waals surface area contributed by atoms with E-state index in [1.54, 1.807) is 18.5 Å². The molecule has 0 aliphatic carbocycles. The van der Waals surface area contributed by atoms with Gasteiger partial charge in [-0.15, -0.1) is 0 Å². The lowest BCUT2D eigenvalue weighted by Crippen LogP contribution is -2.44. The van der Waals surface area contributed by atoms with Crippen LogP contribution in [0, 0.1) is 0 Å². The van der Waals surface area contributed by atoms with Crippen molar-refractivity contribution in [1.82, 2.24) is 29.7 Å². The summed E-state index contributed by atoms with van der Waals surface area (Å²) < 4.78 is 47.0. The molecule has 1 N–H and O–H groups in total. The number of nitrogens with zero attached hydrogens (tertiary/aromatic N) is 6. The van der Waals surface area contributed by atoms with Gasteiger partial charge in [0.25, 0.3) is 0 Å². The first-order valence-corrected chi connectivity index (χ1v) is 9.93. The van der Waals surface area contributed by atoms with E-state index in [9.17, 15) is 13.2 Å². The predicted octanol–water partition coefficient (Wildman–Crippen LogP) is 3.72. The Hall–Kier alpha value is -3.21. The number of rotatable bonds is 3. The van der Waals surface area contributed by atoms with Crippen molar-refractivity contribution in [3.05, 3.63) is 30.7 Å². The molecule has 0 bridgehead atoms. The van der Waals surface area contributed by atoms with E-state index in [2.05, 4.69) is 20.1 Å². The molecular weight excluding hydrogens is 411 g/mol. The molecule has 1 saturated heterocycles. The summed E-state index contributed by atoms with van der Waals surface area (Å²) in [5.41, 5.74) is 1.48. The molecule has 1 fully saturated rings. The van der Waals surface area contributed by atoms with Gasteiger partial charge in [0.15, 0.2) is 11.5 Å². The first-order valence-electron chi connectivity index (χ1n) is 9.93. The molecule has 8 nitrogen and oxygen atoms in total. The number of aromatic nitrogens is 6. The minimum absolute atomic E-state index is 0.00723. The Morgan fingerprint density at radius 2 is 2.06 bits per heavy atom. The van der Waals surface area contributed by atoms with Crippen molar-refractivity contribution in [2.45, 2.75) is 32.1 Å². The van der Waals surface area contributed by atoms with Crippen LogP contribution in [0.25, 0.3) is 33.5 Å². The van der Waals surface area contributed by atoms with E-state index in [1.807, 2.05) is 17.9 Å². The first kappa shape index (κ1) is 19.7. The third-order valence-corrected chi connectivity index (χ3v) is 5.61. The second-order valence-electron chi connectivity index (χ2n) is 7.63. The fraction of sp³-hybridized carbons (Fsp3) is 0.400. The molecule has 0 saturated carbocycles. The van der Waals surface area contributed by atoms with Gasteiger partial charge in [-0.1, -0.05) is 0 Å². The minimum atomic E-state index is -4.46. The maximum absolute atomic E-state index is 13.5. The van der Waals surface area contributed by atoms with Gasteiger partial charge >= 0.3 is 6.18 Å². The molecule has 0 spiro atoms. The second-order valence-corrected chi connectivity index (χ2v) is 7.63. The van der Waals surface area contributed by atoms with E-state index in [0.29, 0.717) is 48.0 Å². The van der Waals surface area contributed by atoms with Gasteiger partial charge in [-0.25, -0.2) is 19.6 Å². The highest BCUT2D eigenvalue weighted by molar-refractivity contribution is 5.94. The lowest BCUT2D eigenvalue weighted by Gasteiger charge is -2.34. The molecule has 0 aromatic carbocycles. The van der Waals surface area contributed by atoms with Crippen LogP contribution in [0.1, 0.15) is 19.9 Å². The fourth-order valence-corrected chi connectivity index (χ4v) is 3.87. The van der Waals surface area contributed by atoms with Gasteiger partial charge in [-0.3, -0.25) is 0 Å². The zero-order valence-electron chi connectivity index (χ0n) is 16.9. The van der Waals surface area contributed by atoms with E-state index >= 15 is 0 Å². The average molecular weight is 431 g/mol. The van der Waals surface area contributed by atoms with Crippen LogP contribution in [-0.4, -0.2) is 61.7 Å². The van der Waals surface area contributed by atoms with Crippen molar-refractivity contribution in [2.24, 2.45) is 0 Å². The van der Waals surface area contributed by atoms with Crippen molar-refractivity contribution < 1.29 is 17.9 Å². The highest BCUT2D eigenvalue weighted by Crippen LogP contribution is 2.36. The number of aromatic amines is 1. The fourth-order valence-electron chi connectivity index (χ4n) is 3.87. The molecular formula is C20H20F3N7O. The Balaban J connectivity index is 1.77. The molecule has 1 aliphatic rings. The van der Waals surface area contributed by atoms with Gasteiger partial charge in [0.2, 0.25) is 0 Å². The van der Waals surface area contributed by atoms with E-state index in [0.717, 1.165) is 17.0 Å². The highest BCUT2D eigenvalue weighted by Gasteiger charge is 2.39. The van der Waals surface area contributed by atoms with E-state index in [4.69, 9.17) is 9.72 Å². The lowest BCUT2D eigenvalue weighted by molar-refractivity contribution is -0.164. The van der Waals surface area contributed by atoms with E-state index < -0.39 is 12.2 Å². The molecule has 1 aliphatic heterocycles. The number of halogens is 3. The Morgan fingerprint density at radius 3 is 2.84 bits per heavy atom. The summed E-state index contributed by atoms with van der Waals surface area (Å²) in [6.07, 6.45) is 0.327. The summed E-state index contributed by atoms with van der Waals surface area (Å²) in [6.45, 7) is 4.65. The Kier molecular flexibility index (Phi) is 4.58.